The van der Waals surface area contributed by atoms with Crippen LogP contribution in [0.2, 0.25) is 0 Å². The SMILES string of the molecule is O=C(NOc1ccccc1C(F)(F)F)c1ccccn1. The lowest BCUT2D eigenvalue weighted by atomic mass is 10.2. The predicted octanol–water partition coefficient (Wildman–Crippen LogP) is 2.82. The summed E-state index contributed by atoms with van der Waals surface area (Å²) in [5, 5.41) is 0. The van der Waals surface area contributed by atoms with E-state index in [1.165, 1.54) is 24.4 Å². The number of pyridine rings is 1. The molecule has 0 bridgehead atoms. The summed E-state index contributed by atoms with van der Waals surface area (Å²) in [6.45, 7) is 0. The van der Waals surface area contributed by atoms with Crippen LogP contribution in [0.1, 0.15) is 16.1 Å². The van der Waals surface area contributed by atoms with Crippen molar-refractivity contribution in [2.24, 2.45) is 0 Å². The molecule has 20 heavy (non-hydrogen) atoms. The lowest BCUT2D eigenvalue weighted by Crippen LogP contribution is -2.28. The first-order valence-electron chi connectivity index (χ1n) is 5.53. The number of halogens is 3. The van der Waals surface area contributed by atoms with Gasteiger partial charge in [0.25, 0.3) is 0 Å². The van der Waals surface area contributed by atoms with E-state index in [0.717, 1.165) is 12.1 Å². The summed E-state index contributed by atoms with van der Waals surface area (Å²) in [5.74, 6) is -1.22. The van der Waals surface area contributed by atoms with Crippen LogP contribution in [0.15, 0.2) is 48.7 Å². The van der Waals surface area contributed by atoms with E-state index in [9.17, 15) is 18.0 Å². The van der Waals surface area contributed by atoms with Crippen molar-refractivity contribution in [1.82, 2.24) is 10.5 Å². The summed E-state index contributed by atoms with van der Waals surface area (Å²) in [4.78, 5) is 20.1. The minimum absolute atomic E-state index is 0.0389. The standard InChI is InChI=1S/C13H9F3N2O2/c14-13(15,16)9-5-1-2-7-11(9)20-18-12(19)10-6-3-4-8-17-10/h1-8H,(H,18,19). The average Bonchev–Trinajstić information content (AvgIpc) is 2.45. The van der Waals surface area contributed by atoms with Gasteiger partial charge in [-0.05, 0) is 24.3 Å². The first-order valence-corrected chi connectivity index (χ1v) is 5.53. The fraction of sp³-hybridized carbons (Fsp3) is 0.0769. The molecule has 0 atom stereocenters. The number of hydroxylamine groups is 1. The number of hydrogen-bond donors (Lipinski definition) is 1. The van der Waals surface area contributed by atoms with Crippen LogP contribution >= 0.6 is 0 Å². The van der Waals surface area contributed by atoms with Crippen LogP contribution in [-0.2, 0) is 6.18 Å². The van der Waals surface area contributed by atoms with Gasteiger partial charge in [0.1, 0.15) is 11.3 Å². The van der Waals surface area contributed by atoms with Crippen molar-refractivity contribution in [3.63, 3.8) is 0 Å². The maximum Gasteiger partial charge on any atom is 0.420 e. The van der Waals surface area contributed by atoms with Gasteiger partial charge in [0.05, 0.1) is 0 Å². The number of benzene rings is 1. The van der Waals surface area contributed by atoms with E-state index < -0.39 is 23.4 Å². The second kappa shape index (κ2) is 5.60. The number of para-hydroxylation sites is 1. The lowest BCUT2D eigenvalue weighted by molar-refractivity contribution is -0.139. The van der Waals surface area contributed by atoms with Crippen molar-refractivity contribution in [2.75, 3.05) is 0 Å². The van der Waals surface area contributed by atoms with E-state index in [1.807, 2.05) is 5.48 Å². The predicted molar refractivity (Wildman–Crippen MR) is 63.8 cm³/mol. The van der Waals surface area contributed by atoms with Gasteiger partial charge in [0, 0.05) is 6.20 Å². The molecular weight excluding hydrogens is 273 g/mol. The number of amides is 1. The Morgan fingerprint density at radius 1 is 1.10 bits per heavy atom. The van der Waals surface area contributed by atoms with Crippen molar-refractivity contribution in [2.45, 2.75) is 6.18 Å². The van der Waals surface area contributed by atoms with Gasteiger partial charge < -0.3 is 4.84 Å². The van der Waals surface area contributed by atoms with Crippen molar-refractivity contribution in [3.05, 3.63) is 59.9 Å². The molecule has 0 fully saturated rings. The van der Waals surface area contributed by atoms with Gasteiger partial charge in [-0.2, -0.15) is 18.7 Å². The van der Waals surface area contributed by atoms with Crippen molar-refractivity contribution < 1.29 is 22.8 Å². The quantitative estimate of drug-likeness (QED) is 0.881. The fourth-order valence-electron chi connectivity index (χ4n) is 1.44. The lowest BCUT2D eigenvalue weighted by Gasteiger charge is -2.13. The second-order valence-corrected chi connectivity index (χ2v) is 3.74. The molecule has 0 saturated heterocycles. The highest BCUT2D eigenvalue weighted by Gasteiger charge is 2.34. The minimum Gasteiger partial charge on any atom is -0.379 e. The number of nitrogens with one attached hydrogen (secondary N) is 1. The average molecular weight is 282 g/mol. The normalized spacial score (nSPS) is 10.9. The number of aromatic nitrogens is 1. The highest BCUT2D eigenvalue weighted by molar-refractivity contribution is 5.91. The molecule has 104 valence electrons. The van der Waals surface area contributed by atoms with E-state index in [1.54, 1.807) is 12.1 Å². The van der Waals surface area contributed by atoms with Crippen LogP contribution in [0.5, 0.6) is 5.75 Å². The number of alkyl halides is 3. The monoisotopic (exact) mass is 282 g/mol. The Labute approximate surface area is 112 Å². The Morgan fingerprint density at radius 3 is 2.45 bits per heavy atom. The zero-order chi connectivity index (χ0) is 14.6. The summed E-state index contributed by atoms with van der Waals surface area (Å²) in [5.41, 5.74) is 0.994. The number of carbonyl (C=O) groups is 1. The first-order chi connectivity index (χ1) is 9.48. The third-order valence-corrected chi connectivity index (χ3v) is 2.34. The summed E-state index contributed by atoms with van der Waals surface area (Å²) >= 11 is 0. The molecule has 1 aromatic heterocycles. The van der Waals surface area contributed by atoms with E-state index >= 15 is 0 Å². The van der Waals surface area contributed by atoms with Crippen LogP contribution in [0.4, 0.5) is 13.2 Å². The smallest absolute Gasteiger partial charge is 0.379 e. The van der Waals surface area contributed by atoms with E-state index in [2.05, 4.69) is 4.98 Å². The largest absolute Gasteiger partial charge is 0.420 e. The van der Waals surface area contributed by atoms with Gasteiger partial charge in [0.2, 0.25) is 0 Å². The van der Waals surface area contributed by atoms with Gasteiger partial charge in [-0.1, -0.05) is 18.2 Å². The first kappa shape index (κ1) is 13.9. The fourth-order valence-corrected chi connectivity index (χ4v) is 1.44. The van der Waals surface area contributed by atoms with Gasteiger partial charge in [-0.15, -0.1) is 0 Å². The maximum absolute atomic E-state index is 12.7. The molecule has 1 heterocycles. The molecule has 0 unspecified atom stereocenters. The molecule has 0 aliphatic carbocycles. The molecule has 1 aromatic carbocycles. The van der Waals surface area contributed by atoms with Gasteiger partial charge in [-0.25, -0.2) is 0 Å². The minimum atomic E-state index is -4.56. The van der Waals surface area contributed by atoms with Gasteiger partial charge in [0.15, 0.2) is 5.75 Å². The highest BCUT2D eigenvalue weighted by atomic mass is 19.4. The highest BCUT2D eigenvalue weighted by Crippen LogP contribution is 2.35. The van der Waals surface area contributed by atoms with Crippen LogP contribution in [0.3, 0.4) is 0 Å². The summed E-state index contributed by atoms with van der Waals surface area (Å²) < 4.78 is 38.1. The van der Waals surface area contributed by atoms with Gasteiger partial charge in [-0.3, -0.25) is 9.78 Å². The van der Waals surface area contributed by atoms with Crippen LogP contribution in [-0.4, -0.2) is 10.9 Å². The van der Waals surface area contributed by atoms with Crippen molar-refractivity contribution in [1.29, 1.82) is 0 Å². The Morgan fingerprint density at radius 2 is 1.80 bits per heavy atom. The molecule has 0 spiro atoms. The molecule has 1 N–H and O–H groups in total. The Kier molecular flexibility index (Phi) is 3.88. The Hall–Kier alpha value is -2.57. The molecule has 0 aliphatic rings. The zero-order valence-corrected chi connectivity index (χ0v) is 10.0. The van der Waals surface area contributed by atoms with E-state index in [0.29, 0.717) is 0 Å². The molecule has 0 saturated carbocycles. The van der Waals surface area contributed by atoms with E-state index in [4.69, 9.17) is 4.84 Å². The third kappa shape index (κ3) is 3.25. The molecule has 0 aliphatic heterocycles. The molecular formula is C13H9F3N2O2. The summed E-state index contributed by atoms with van der Waals surface area (Å²) in [6, 6.07) is 9.17. The van der Waals surface area contributed by atoms with Crippen LogP contribution in [0, 0.1) is 0 Å². The summed E-state index contributed by atoms with van der Waals surface area (Å²) in [6.07, 6.45) is -3.18. The van der Waals surface area contributed by atoms with Gasteiger partial charge >= 0.3 is 12.1 Å². The second-order valence-electron chi connectivity index (χ2n) is 3.74. The molecule has 0 radical (unpaired) electrons. The topological polar surface area (TPSA) is 51.2 Å². The Balaban J connectivity index is 2.11. The number of nitrogens with zero attached hydrogens (tertiary/aromatic N) is 1. The molecule has 2 rings (SSSR count). The number of carbonyl (C=O) groups excluding carboxylic acids is 1. The summed E-state index contributed by atoms with van der Waals surface area (Å²) in [7, 11) is 0. The third-order valence-electron chi connectivity index (χ3n) is 2.34. The molecule has 4 nitrogen and oxygen atoms in total. The maximum atomic E-state index is 12.7. The number of hydrogen-bond acceptors (Lipinski definition) is 3. The molecule has 7 heteroatoms. The number of rotatable bonds is 3. The Bertz CT molecular complexity index is 600. The van der Waals surface area contributed by atoms with E-state index in [-0.39, 0.29) is 5.69 Å². The van der Waals surface area contributed by atoms with Crippen LogP contribution in [0.25, 0.3) is 0 Å². The molecule has 2 aromatic rings. The molecule has 1 amide bonds. The van der Waals surface area contributed by atoms with Crippen LogP contribution < -0.4 is 10.3 Å². The zero-order valence-electron chi connectivity index (χ0n) is 10.0. The van der Waals surface area contributed by atoms with Crippen molar-refractivity contribution >= 4 is 5.91 Å². The van der Waals surface area contributed by atoms with Crippen molar-refractivity contribution in [3.8, 4) is 5.75 Å².